The Hall–Kier alpha value is -1.50. The molecule has 0 bridgehead atoms. The van der Waals surface area contributed by atoms with Gasteiger partial charge in [-0.25, -0.2) is 0 Å². The summed E-state index contributed by atoms with van der Waals surface area (Å²) in [5.74, 6) is 0. The van der Waals surface area contributed by atoms with E-state index in [2.05, 4.69) is 62.5 Å². The number of benzene rings is 1. The largest absolute Gasteiger partial charge is 0.384 e. The summed E-state index contributed by atoms with van der Waals surface area (Å²) in [6.07, 6.45) is 0. The molecule has 6 nitrogen and oxygen atoms in total. The summed E-state index contributed by atoms with van der Waals surface area (Å²) in [5.41, 5.74) is 3.95. The molecule has 1 aromatic rings. The van der Waals surface area contributed by atoms with Gasteiger partial charge in [0.05, 0.1) is 0 Å². The van der Waals surface area contributed by atoms with E-state index in [9.17, 15) is 0 Å². The van der Waals surface area contributed by atoms with Crippen molar-refractivity contribution in [2.45, 2.75) is 0 Å². The predicted molar refractivity (Wildman–Crippen MR) is 108 cm³/mol. The average Bonchev–Trinajstić information content (AvgIpc) is 2.63. The summed E-state index contributed by atoms with van der Waals surface area (Å²) in [5, 5.41) is 6.79. The van der Waals surface area contributed by atoms with Crippen molar-refractivity contribution in [2.75, 3.05) is 102 Å². The van der Waals surface area contributed by atoms with Crippen molar-refractivity contribution < 1.29 is 0 Å². The molecular formula is C19H34N6. The van der Waals surface area contributed by atoms with Crippen LogP contribution in [0.2, 0.25) is 0 Å². The van der Waals surface area contributed by atoms with E-state index in [-0.39, 0.29) is 0 Å². The Morgan fingerprint density at radius 1 is 0.720 bits per heavy atom. The van der Waals surface area contributed by atoms with Gasteiger partial charge in [0.25, 0.3) is 0 Å². The van der Waals surface area contributed by atoms with E-state index in [0.717, 1.165) is 65.4 Å². The molecule has 2 aliphatic heterocycles. The molecule has 25 heavy (non-hydrogen) atoms. The topological polar surface area (TPSA) is 37.0 Å². The molecule has 2 saturated heterocycles. The molecule has 0 radical (unpaired) electrons. The maximum absolute atomic E-state index is 3.59. The van der Waals surface area contributed by atoms with Crippen molar-refractivity contribution in [3.05, 3.63) is 18.2 Å². The number of piperazine rings is 2. The van der Waals surface area contributed by atoms with Crippen molar-refractivity contribution in [1.82, 2.24) is 15.1 Å². The third-order valence-electron chi connectivity index (χ3n) is 5.34. The van der Waals surface area contributed by atoms with Crippen LogP contribution in [0.15, 0.2) is 18.2 Å². The fourth-order valence-corrected chi connectivity index (χ4v) is 3.52. The molecule has 2 aliphatic rings. The van der Waals surface area contributed by atoms with Crippen LogP contribution < -0.4 is 20.4 Å². The van der Waals surface area contributed by atoms with Gasteiger partial charge in [0.1, 0.15) is 0 Å². The smallest absolute Gasteiger partial charge is 0.0408 e. The fraction of sp³-hybridized carbons (Fsp3) is 0.684. The first kappa shape index (κ1) is 18.3. The number of likely N-dealkylation sites (N-methyl/N-ethyl adjacent to an activating group) is 3. The summed E-state index contributed by atoms with van der Waals surface area (Å²) >= 11 is 0. The van der Waals surface area contributed by atoms with Gasteiger partial charge in [0, 0.05) is 82.5 Å². The summed E-state index contributed by atoms with van der Waals surface area (Å²) in [7, 11) is 6.42. The van der Waals surface area contributed by atoms with Crippen LogP contribution in [0.1, 0.15) is 0 Å². The van der Waals surface area contributed by atoms with Crippen LogP contribution in [0.4, 0.5) is 17.1 Å². The fourth-order valence-electron chi connectivity index (χ4n) is 3.52. The van der Waals surface area contributed by atoms with Gasteiger partial charge in [0.2, 0.25) is 0 Å². The molecule has 3 rings (SSSR count). The van der Waals surface area contributed by atoms with Gasteiger partial charge in [0.15, 0.2) is 0 Å². The second kappa shape index (κ2) is 8.74. The third kappa shape index (κ3) is 5.00. The Kier molecular flexibility index (Phi) is 6.39. The maximum Gasteiger partial charge on any atom is 0.0408 e. The molecule has 0 saturated carbocycles. The number of rotatable bonds is 6. The standard InChI is InChI=1S/C19H34N6/c1-20-4-5-21-17-14-18(24-10-6-22(2)7-11-24)16-19(15-17)25-12-8-23(3)9-13-25/h14-16,20-21H,4-13H2,1-3H3. The van der Waals surface area contributed by atoms with Crippen LogP contribution in [0.25, 0.3) is 0 Å². The van der Waals surface area contributed by atoms with E-state index in [1.165, 1.54) is 17.1 Å². The van der Waals surface area contributed by atoms with Crippen molar-refractivity contribution in [3.8, 4) is 0 Å². The zero-order valence-electron chi connectivity index (χ0n) is 16.1. The van der Waals surface area contributed by atoms with Crippen LogP contribution in [-0.4, -0.2) is 96.4 Å². The number of nitrogens with zero attached hydrogens (tertiary/aromatic N) is 4. The molecule has 140 valence electrons. The maximum atomic E-state index is 3.59. The molecule has 2 heterocycles. The normalized spacial score (nSPS) is 20.1. The number of nitrogens with one attached hydrogen (secondary N) is 2. The Balaban J connectivity index is 1.78. The first-order valence-electron chi connectivity index (χ1n) is 9.56. The van der Waals surface area contributed by atoms with Crippen molar-refractivity contribution >= 4 is 17.1 Å². The van der Waals surface area contributed by atoms with E-state index in [1.807, 2.05) is 7.05 Å². The van der Waals surface area contributed by atoms with E-state index >= 15 is 0 Å². The lowest BCUT2D eigenvalue weighted by atomic mass is 10.1. The summed E-state index contributed by atoms with van der Waals surface area (Å²) in [6.45, 7) is 10.9. The first-order chi connectivity index (χ1) is 12.2. The van der Waals surface area contributed by atoms with Gasteiger partial charge in [-0.15, -0.1) is 0 Å². The summed E-state index contributed by atoms with van der Waals surface area (Å²) < 4.78 is 0. The van der Waals surface area contributed by atoms with Gasteiger partial charge < -0.3 is 30.2 Å². The van der Waals surface area contributed by atoms with Gasteiger partial charge in [-0.1, -0.05) is 0 Å². The zero-order valence-corrected chi connectivity index (χ0v) is 16.1. The molecule has 0 aliphatic carbocycles. The van der Waals surface area contributed by atoms with Gasteiger partial charge >= 0.3 is 0 Å². The SMILES string of the molecule is CNCCNc1cc(N2CCN(C)CC2)cc(N2CCN(C)CC2)c1. The molecule has 2 N–H and O–H groups in total. The average molecular weight is 347 g/mol. The molecule has 0 amide bonds. The van der Waals surface area contributed by atoms with E-state index in [4.69, 9.17) is 0 Å². The Morgan fingerprint density at radius 3 is 1.64 bits per heavy atom. The highest BCUT2D eigenvalue weighted by Gasteiger charge is 2.19. The highest BCUT2D eigenvalue weighted by molar-refractivity contribution is 5.69. The quantitative estimate of drug-likeness (QED) is 0.743. The summed E-state index contributed by atoms with van der Waals surface area (Å²) in [6, 6.07) is 7.03. The van der Waals surface area contributed by atoms with Crippen molar-refractivity contribution in [1.29, 1.82) is 0 Å². The van der Waals surface area contributed by atoms with Gasteiger partial charge in [-0.05, 0) is 39.3 Å². The Bertz CT molecular complexity index is 492. The van der Waals surface area contributed by atoms with Crippen LogP contribution >= 0.6 is 0 Å². The second-order valence-corrected chi connectivity index (χ2v) is 7.35. The van der Waals surface area contributed by atoms with Gasteiger partial charge in [-0.2, -0.15) is 0 Å². The van der Waals surface area contributed by atoms with E-state index in [0.29, 0.717) is 0 Å². The Morgan fingerprint density at radius 2 is 1.20 bits per heavy atom. The van der Waals surface area contributed by atoms with Crippen LogP contribution in [0.5, 0.6) is 0 Å². The predicted octanol–water partition coefficient (Wildman–Crippen LogP) is 0.822. The number of anilines is 3. The monoisotopic (exact) mass is 346 g/mol. The molecule has 0 unspecified atom stereocenters. The van der Waals surface area contributed by atoms with Crippen LogP contribution in [-0.2, 0) is 0 Å². The highest BCUT2D eigenvalue weighted by atomic mass is 15.3. The van der Waals surface area contributed by atoms with E-state index in [1.54, 1.807) is 0 Å². The lowest BCUT2D eigenvalue weighted by molar-refractivity contribution is 0.312. The van der Waals surface area contributed by atoms with Crippen LogP contribution in [0.3, 0.4) is 0 Å². The molecule has 0 aromatic heterocycles. The molecule has 0 atom stereocenters. The van der Waals surface area contributed by atoms with Crippen molar-refractivity contribution in [3.63, 3.8) is 0 Å². The lowest BCUT2D eigenvalue weighted by Gasteiger charge is -2.37. The molecular weight excluding hydrogens is 312 g/mol. The molecule has 2 fully saturated rings. The lowest BCUT2D eigenvalue weighted by Crippen LogP contribution is -2.45. The molecule has 6 heteroatoms. The minimum Gasteiger partial charge on any atom is -0.384 e. The molecule has 1 aromatic carbocycles. The third-order valence-corrected chi connectivity index (χ3v) is 5.34. The highest BCUT2D eigenvalue weighted by Crippen LogP contribution is 2.29. The molecule has 0 spiro atoms. The van der Waals surface area contributed by atoms with Crippen LogP contribution in [0, 0.1) is 0 Å². The first-order valence-corrected chi connectivity index (χ1v) is 9.56. The zero-order chi connectivity index (χ0) is 17.6. The summed E-state index contributed by atoms with van der Waals surface area (Å²) in [4.78, 5) is 9.88. The minimum absolute atomic E-state index is 0.949. The number of hydrogen-bond acceptors (Lipinski definition) is 6. The van der Waals surface area contributed by atoms with Crippen molar-refractivity contribution in [2.24, 2.45) is 0 Å². The van der Waals surface area contributed by atoms with E-state index < -0.39 is 0 Å². The second-order valence-electron chi connectivity index (χ2n) is 7.35. The number of hydrogen-bond donors (Lipinski definition) is 2. The Labute approximate surface area is 152 Å². The minimum atomic E-state index is 0.949. The van der Waals surface area contributed by atoms with Gasteiger partial charge in [-0.3, -0.25) is 0 Å².